The lowest BCUT2D eigenvalue weighted by Gasteiger charge is -2.16. The number of hydrogen-bond donors (Lipinski definition) is 4. The fraction of sp³-hybridized carbons (Fsp3) is 0.308. The summed E-state index contributed by atoms with van der Waals surface area (Å²) in [6.45, 7) is 4.28. The molecule has 11 nitrogen and oxygen atoms in total. The third-order valence-corrected chi connectivity index (χ3v) is 10.1. The van der Waals surface area contributed by atoms with Crippen molar-refractivity contribution >= 4 is 29.1 Å². The number of amides is 2. The lowest BCUT2D eigenvalue weighted by atomic mass is 9.92. The van der Waals surface area contributed by atoms with Crippen LogP contribution in [0.5, 0.6) is 5.88 Å². The molecule has 2 atom stereocenters. The van der Waals surface area contributed by atoms with Crippen LogP contribution in [0.2, 0.25) is 5.02 Å². The zero-order valence-electron chi connectivity index (χ0n) is 28.6. The number of hydrogen-bond acceptors (Lipinski definition) is 8. The summed E-state index contributed by atoms with van der Waals surface area (Å²) in [5.41, 5.74) is 8.22. The van der Waals surface area contributed by atoms with Gasteiger partial charge in [0, 0.05) is 85.8 Å². The maximum atomic E-state index is 13.3. The van der Waals surface area contributed by atoms with Crippen LogP contribution in [0, 0.1) is 6.92 Å². The van der Waals surface area contributed by atoms with Crippen molar-refractivity contribution in [3.8, 4) is 39.4 Å². The Balaban J connectivity index is 1.10. The molecule has 0 saturated carbocycles. The van der Waals surface area contributed by atoms with Crippen LogP contribution >= 0.6 is 11.6 Å². The summed E-state index contributed by atoms with van der Waals surface area (Å²) in [4.78, 5) is 45.7. The number of aromatic nitrogens is 3. The molecule has 2 aliphatic heterocycles. The Labute approximate surface area is 300 Å². The van der Waals surface area contributed by atoms with Crippen LogP contribution in [0.1, 0.15) is 42.4 Å². The van der Waals surface area contributed by atoms with E-state index in [1.807, 2.05) is 48.5 Å². The maximum Gasteiger partial charge on any atom is 0.262 e. The molecule has 2 aromatic carbocycles. The number of pyridine rings is 2. The molecule has 0 unspecified atom stereocenters. The van der Waals surface area contributed by atoms with Gasteiger partial charge in [0.25, 0.3) is 5.56 Å². The van der Waals surface area contributed by atoms with Gasteiger partial charge in [0.2, 0.25) is 17.7 Å². The van der Waals surface area contributed by atoms with Crippen LogP contribution in [-0.2, 0) is 22.7 Å². The predicted octanol–water partition coefficient (Wildman–Crippen LogP) is 4.80. The average Bonchev–Trinajstić information content (AvgIpc) is 3.76. The lowest BCUT2D eigenvalue weighted by molar-refractivity contribution is -0.120. The third-order valence-electron chi connectivity index (χ3n) is 9.71. The Bertz CT molecular complexity index is 2190. The molecule has 262 valence electrons. The van der Waals surface area contributed by atoms with E-state index in [4.69, 9.17) is 21.3 Å². The van der Waals surface area contributed by atoms with E-state index in [2.05, 4.69) is 45.3 Å². The first-order valence-corrected chi connectivity index (χ1v) is 17.6. The van der Waals surface area contributed by atoms with Crippen molar-refractivity contribution in [1.82, 2.24) is 35.6 Å². The minimum atomic E-state index is -0.128. The summed E-state index contributed by atoms with van der Waals surface area (Å²) in [5.74, 6) is 0.686. The van der Waals surface area contributed by atoms with Crippen molar-refractivity contribution in [2.45, 2.75) is 57.8 Å². The number of carbonyl (C=O) groups excluding carboxylic acids is 2. The number of rotatable bonds is 12. The second-order valence-electron chi connectivity index (χ2n) is 13.1. The van der Waals surface area contributed by atoms with E-state index in [9.17, 15) is 14.4 Å². The van der Waals surface area contributed by atoms with Crippen molar-refractivity contribution in [3.63, 3.8) is 0 Å². The van der Waals surface area contributed by atoms with Crippen LogP contribution in [-0.4, -0.2) is 58.5 Å². The summed E-state index contributed by atoms with van der Waals surface area (Å²) < 4.78 is 7.23. The highest BCUT2D eigenvalue weighted by atomic mass is 35.5. The molecular weight excluding hydrogens is 666 g/mol. The number of halogens is 1. The van der Waals surface area contributed by atoms with E-state index in [0.717, 1.165) is 51.8 Å². The van der Waals surface area contributed by atoms with Gasteiger partial charge in [-0.05, 0) is 60.2 Å². The molecular formula is C39H40ClN7O4. The summed E-state index contributed by atoms with van der Waals surface area (Å²) >= 11 is 7.14. The van der Waals surface area contributed by atoms with Gasteiger partial charge < -0.3 is 26.0 Å². The molecule has 12 heteroatoms. The van der Waals surface area contributed by atoms with Crippen molar-refractivity contribution in [2.24, 2.45) is 0 Å². The average molecular weight is 706 g/mol. The molecule has 5 heterocycles. The zero-order valence-corrected chi connectivity index (χ0v) is 29.3. The largest absolute Gasteiger partial charge is 0.481 e. The minimum absolute atomic E-state index is 0.0701. The van der Waals surface area contributed by atoms with Crippen LogP contribution in [0.4, 0.5) is 0 Å². The second kappa shape index (κ2) is 15.0. The fourth-order valence-corrected chi connectivity index (χ4v) is 7.26. The minimum Gasteiger partial charge on any atom is -0.481 e. The highest BCUT2D eigenvalue weighted by Crippen LogP contribution is 2.40. The topological polar surface area (TPSA) is 139 Å². The number of carbonyl (C=O) groups is 2. The molecule has 2 amide bonds. The standard InChI is InChI=1S/C39H40ClN7O4/c1-23-29(24-15-16-47-34(17-24)43-20-26(39(47)50)19-42-22-28-11-14-36(49)45-28)5-3-6-30(23)31-7-4-8-32(37(31)40)33-12-9-25(38(46-33)51-2)18-41-21-27-10-13-35(48)44-27/h3-9,12,15-17,20,27-28,41-42H,10-11,13-14,18-19,21-22H2,1-2H3,(H,44,48)(H,45,49)/t27-,28+/m1/s1. The third kappa shape index (κ3) is 7.37. The quantitative estimate of drug-likeness (QED) is 0.145. The zero-order chi connectivity index (χ0) is 35.5. The van der Waals surface area contributed by atoms with Crippen molar-refractivity contribution in [1.29, 1.82) is 0 Å². The smallest absolute Gasteiger partial charge is 0.262 e. The molecule has 3 aromatic heterocycles. The van der Waals surface area contributed by atoms with Gasteiger partial charge in [0.15, 0.2) is 0 Å². The molecule has 5 aromatic rings. The van der Waals surface area contributed by atoms with Gasteiger partial charge >= 0.3 is 0 Å². The number of ether oxygens (including phenoxy) is 1. The molecule has 51 heavy (non-hydrogen) atoms. The van der Waals surface area contributed by atoms with E-state index >= 15 is 0 Å². The second-order valence-corrected chi connectivity index (χ2v) is 13.5. The van der Waals surface area contributed by atoms with Crippen molar-refractivity contribution in [2.75, 3.05) is 20.2 Å². The van der Waals surface area contributed by atoms with Gasteiger partial charge in [-0.25, -0.2) is 9.97 Å². The molecule has 2 fully saturated rings. The Morgan fingerprint density at radius 2 is 1.49 bits per heavy atom. The van der Waals surface area contributed by atoms with E-state index in [-0.39, 0.29) is 29.5 Å². The number of fused-ring (bicyclic) bond motifs is 1. The Morgan fingerprint density at radius 3 is 2.16 bits per heavy atom. The van der Waals surface area contributed by atoms with Crippen molar-refractivity contribution < 1.29 is 14.3 Å². The van der Waals surface area contributed by atoms with Gasteiger partial charge in [-0.3, -0.25) is 18.8 Å². The van der Waals surface area contributed by atoms with Gasteiger partial charge in [-0.2, -0.15) is 0 Å². The first kappa shape index (κ1) is 34.4. The first-order valence-electron chi connectivity index (χ1n) is 17.2. The molecule has 2 saturated heterocycles. The van der Waals surface area contributed by atoms with E-state index in [1.54, 1.807) is 23.9 Å². The SMILES string of the molecule is COc1nc(-c2cccc(-c3cccc(-c4ccn5c(=O)c(CNC[C@@H]6CCC(=O)N6)cnc5c4)c3C)c2Cl)ccc1CNC[C@H]1CCC(=O)N1. The Kier molecular flexibility index (Phi) is 10.1. The van der Waals surface area contributed by atoms with E-state index < -0.39 is 0 Å². The van der Waals surface area contributed by atoms with Gasteiger partial charge in [0.05, 0.1) is 17.8 Å². The normalized spacial score (nSPS) is 17.2. The van der Waals surface area contributed by atoms with Crippen LogP contribution in [0.3, 0.4) is 0 Å². The Morgan fingerprint density at radius 1 is 0.843 bits per heavy atom. The predicted molar refractivity (Wildman–Crippen MR) is 198 cm³/mol. The van der Waals surface area contributed by atoms with Crippen LogP contribution < -0.4 is 31.6 Å². The molecule has 4 N–H and O–H groups in total. The molecule has 2 aliphatic rings. The number of benzene rings is 2. The molecule has 0 bridgehead atoms. The monoisotopic (exact) mass is 705 g/mol. The summed E-state index contributed by atoms with van der Waals surface area (Å²) in [6.07, 6.45) is 6.14. The van der Waals surface area contributed by atoms with E-state index in [1.165, 1.54) is 0 Å². The first-order chi connectivity index (χ1) is 24.8. The Hall–Kier alpha value is -5.10. The highest BCUT2D eigenvalue weighted by Gasteiger charge is 2.22. The van der Waals surface area contributed by atoms with Gasteiger partial charge in [-0.1, -0.05) is 54.1 Å². The highest BCUT2D eigenvalue weighted by molar-refractivity contribution is 6.36. The number of nitrogens with zero attached hydrogens (tertiary/aromatic N) is 3. The molecule has 0 spiro atoms. The lowest BCUT2D eigenvalue weighted by Crippen LogP contribution is -2.36. The number of nitrogens with one attached hydrogen (secondary N) is 4. The number of methoxy groups -OCH3 is 1. The van der Waals surface area contributed by atoms with E-state index in [0.29, 0.717) is 66.8 Å². The van der Waals surface area contributed by atoms with Gasteiger partial charge in [-0.15, -0.1) is 0 Å². The molecule has 0 radical (unpaired) electrons. The summed E-state index contributed by atoms with van der Waals surface area (Å²) in [6, 6.07) is 20.1. The maximum absolute atomic E-state index is 13.3. The summed E-state index contributed by atoms with van der Waals surface area (Å²) in [7, 11) is 1.61. The fourth-order valence-electron chi connectivity index (χ4n) is 6.93. The molecule has 0 aliphatic carbocycles. The van der Waals surface area contributed by atoms with Gasteiger partial charge in [0.1, 0.15) is 5.65 Å². The summed E-state index contributed by atoms with van der Waals surface area (Å²) in [5, 5.41) is 13.2. The van der Waals surface area contributed by atoms with Crippen LogP contribution in [0.25, 0.3) is 39.2 Å². The van der Waals surface area contributed by atoms with Crippen molar-refractivity contribution in [3.05, 3.63) is 105 Å². The van der Waals surface area contributed by atoms with Crippen LogP contribution in [0.15, 0.2) is 77.9 Å². The molecule has 7 rings (SSSR count).